The van der Waals surface area contributed by atoms with Crippen molar-refractivity contribution in [3.8, 4) is 0 Å². The number of amides is 1. The SMILES string of the molecule is CC.CC(C)CCCC(C)C1CCC2C3C(C)CC4NC(=O)CCC4(C)C3CC[C@]12C. The van der Waals surface area contributed by atoms with Gasteiger partial charge in [-0.1, -0.05) is 74.7 Å². The van der Waals surface area contributed by atoms with Gasteiger partial charge < -0.3 is 5.32 Å². The van der Waals surface area contributed by atoms with E-state index in [4.69, 9.17) is 0 Å². The second kappa shape index (κ2) is 9.76. The molecule has 0 radical (unpaired) electrons. The summed E-state index contributed by atoms with van der Waals surface area (Å²) in [5.41, 5.74) is 0.904. The number of rotatable bonds is 5. The maximum atomic E-state index is 12.1. The molecule has 3 aliphatic carbocycles. The fourth-order valence-corrected chi connectivity index (χ4v) is 9.07. The minimum Gasteiger partial charge on any atom is -0.353 e. The van der Waals surface area contributed by atoms with E-state index in [1.165, 1.54) is 51.4 Å². The molecule has 0 spiro atoms. The van der Waals surface area contributed by atoms with Crippen LogP contribution in [0.25, 0.3) is 0 Å². The van der Waals surface area contributed by atoms with Crippen LogP contribution < -0.4 is 5.32 Å². The Morgan fingerprint density at radius 2 is 1.65 bits per heavy atom. The van der Waals surface area contributed by atoms with Crippen LogP contribution in [0.3, 0.4) is 0 Å². The van der Waals surface area contributed by atoms with Gasteiger partial charge in [0, 0.05) is 12.5 Å². The number of carbonyl (C=O) groups is 1. The van der Waals surface area contributed by atoms with Crippen LogP contribution in [0.5, 0.6) is 0 Å². The third kappa shape index (κ3) is 4.48. The van der Waals surface area contributed by atoms with Gasteiger partial charge >= 0.3 is 0 Å². The molecule has 9 atom stereocenters. The van der Waals surface area contributed by atoms with Gasteiger partial charge in [0.2, 0.25) is 5.91 Å². The number of nitrogens with one attached hydrogen (secondary N) is 1. The van der Waals surface area contributed by atoms with Crippen LogP contribution in [0.2, 0.25) is 0 Å². The number of piperidine rings is 1. The summed E-state index contributed by atoms with van der Waals surface area (Å²) in [4.78, 5) is 12.1. The lowest BCUT2D eigenvalue weighted by molar-refractivity contribution is -0.144. The summed E-state index contributed by atoms with van der Waals surface area (Å²) in [6.45, 7) is 19.0. The molecule has 1 N–H and O–H groups in total. The second-order valence-corrected chi connectivity index (χ2v) is 12.7. The molecule has 1 saturated heterocycles. The smallest absolute Gasteiger partial charge is 0.220 e. The van der Waals surface area contributed by atoms with E-state index in [1.54, 1.807) is 0 Å². The molecular formula is C29H53NO. The second-order valence-electron chi connectivity index (χ2n) is 12.7. The predicted octanol–water partition coefficient (Wildman–Crippen LogP) is 7.86. The van der Waals surface area contributed by atoms with Crippen molar-refractivity contribution < 1.29 is 4.79 Å². The molecule has 3 saturated carbocycles. The Kier molecular flexibility index (Phi) is 7.90. The molecule has 2 heteroatoms. The predicted molar refractivity (Wildman–Crippen MR) is 133 cm³/mol. The van der Waals surface area contributed by atoms with Gasteiger partial charge in [-0.05, 0) is 90.8 Å². The normalized spacial score (nSPS) is 45.0. The van der Waals surface area contributed by atoms with Crippen molar-refractivity contribution in [2.45, 2.75) is 126 Å². The van der Waals surface area contributed by atoms with E-state index in [0.29, 0.717) is 22.8 Å². The van der Waals surface area contributed by atoms with Gasteiger partial charge in [-0.3, -0.25) is 4.79 Å². The molecule has 2 nitrogen and oxygen atoms in total. The summed E-state index contributed by atoms with van der Waals surface area (Å²) in [6, 6.07) is 0.427. The van der Waals surface area contributed by atoms with Crippen molar-refractivity contribution in [3.05, 3.63) is 0 Å². The molecule has 1 aliphatic heterocycles. The maximum absolute atomic E-state index is 12.1. The average molecular weight is 432 g/mol. The highest BCUT2D eigenvalue weighted by Gasteiger charge is 2.62. The first-order chi connectivity index (χ1) is 14.7. The molecule has 4 rings (SSSR count). The lowest BCUT2D eigenvalue weighted by Gasteiger charge is -2.62. The molecule has 4 fully saturated rings. The molecule has 8 unspecified atom stereocenters. The van der Waals surface area contributed by atoms with E-state index >= 15 is 0 Å². The quantitative estimate of drug-likeness (QED) is 0.471. The summed E-state index contributed by atoms with van der Waals surface area (Å²) in [6.07, 6.45) is 13.1. The molecule has 0 aromatic heterocycles. The van der Waals surface area contributed by atoms with Gasteiger partial charge in [0.05, 0.1) is 0 Å². The first-order valence-corrected chi connectivity index (χ1v) is 14.0. The zero-order valence-electron chi connectivity index (χ0n) is 22.1. The molecule has 1 amide bonds. The standard InChI is InChI=1S/C27H47NO.C2H6/c1-17(2)8-7-9-18(3)20-10-11-21-25-19(4)16-23-27(6,15-13-24(29)28-23)22(25)12-14-26(20,21)5;1-2/h17-23,25H,7-16H2,1-6H3,(H,28,29);1-2H3/t18?,19?,20?,21?,22?,23?,25?,26-,27?;/m1./s1. The van der Waals surface area contributed by atoms with Crippen LogP contribution in [0.4, 0.5) is 0 Å². The van der Waals surface area contributed by atoms with Crippen molar-refractivity contribution in [1.82, 2.24) is 5.32 Å². The van der Waals surface area contributed by atoms with Crippen LogP contribution in [-0.4, -0.2) is 11.9 Å². The molecule has 1 heterocycles. The molecule has 0 aromatic rings. The lowest BCUT2D eigenvalue weighted by atomic mass is 9.44. The van der Waals surface area contributed by atoms with E-state index in [-0.39, 0.29) is 0 Å². The monoisotopic (exact) mass is 431 g/mol. The summed E-state index contributed by atoms with van der Waals surface area (Å²) in [5, 5.41) is 3.41. The molecule has 4 aliphatic rings. The Hall–Kier alpha value is -0.530. The Labute approximate surface area is 194 Å². The Morgan fingerprint density at radius 1 is 0.968 bits per heavy atom. The van der Waals surface area contributed by atoms with E-state index in [1.807, 2.05) is 13.8 Å². The van der Waals surface area contributed by atoms with E-state index < -0.39 is 0 Å². The minimum absolute atomic E-state index is 0.301. The highest BCUT2D eigenvalue weighted by atomic mass is 16.1. The molecule has 0 aromatic carbocycles. The van der Waals surface area contributed by atoms with Crippen LogP contribution in [0.1, 0.15) is 120 Å². The summed E-state index contributed by atoms with van der Waals surface area (Å²) in [7, 11) is 0. The Morgan fingerprint density at radius 3 is 2.32 bits per heavy atom. The third-order valence-electron chi connectivity index (χ3n) is 10.7. The van der Waals surface area contributed by atoms with Crippen molar-refractivity contribution in [2.24, 2.45) is 52.3 Å². The van der Waals surface area contributed by atoms with E-state index in [9.17, 15) is 4.79 Å². The highest BCUT2D eigenvalue weighted by molar-refractivity contribution is 5.77. The zero-order chi connectivity index (χ0) is 23.0. The van der Waals surface area contributed by atoms with Crippen molar-refractivity contribution in [1.29, 1.82) is 0 Å². The van der Waals surface area contributed by atoms with Gasteiger partial charge in [-0.25, -0.2) is 0 Å². The fourth-order valence-electron chi connectivity index (χ4n) is 9.07. The zero-order valence-corrected chi connectivity index (χ0v) is 22.1. The van der Waals surface area contributed by atoms with Gasteiger partial charge in [-0.15, -0.1) is 0 Å². The van der Waals surface area contributed by atoms with Gasteiger partial charge in [0.1, 0.15) is 0 Å². The lowest BCUT2D eigenvalue weighted by Crippen LogP contribution is -2.63. The van der Waals surface area contributed by atoms with Crippen LogP contribution in [-0.2, 0) is 4.79 Å². The highest BCUT2D eigenvalue weighted by Crippen LogP contribution is 2.67. The number of hydrogen-bond acceptors (Lipinski definition) is 1. The van der Waals surface area contributed by atoms with Gasteiger partial charge in [0.25, 0.3) is 0 Å². The Balaban J connectivity index is 0.00000132. The van der Waals surface area contributed by atoms with E-state index in [2.05, 4.69) is 46.9 Å². The van der Waals surface area contributed by atoms with Gasteiger partial charge in [-0.2, -0.15) is 0 Å². The van der Waals surface area contributed by atoms with Crippen molar-refractivity contribution >= 4 is 5.91 Å². The summed E-state index contributed by atoms with van der Waals surface area (Å²) >= 11 is 0. The summed E-state index contributed by atoms with van der Waals surface area (Å²) in [5.74, 6) is 6.36. The van der Waals surface area contributed by atoms with Crippen LogP contribution >= 0.6 is 0 Å². The van der Waals surface area contributed by atoms with Crippen LogP contribution in [0.15, 0.2) is 0 Å². The first kappa shape index (κ1) is 25.1. The number of carbonyl (C=O) groups excluding carboxylic acids is 1. The average Bonchev–Trinajstić information content (AvgIpc) is 3.08. The van der Waals surface area contributed by atoms with Gasteiger partial charge in [0.15, 0.2) is 0 Å². The maximum Gasteiger partial charge on any atom is 0.220 e. The Bertz CT molecular complexity index is 614. The number of hydrogen-bond donors (Lipinski definition) is 1. The molecule has 0 bridgehead atoms. The fraction of sp³-hybridized carbons (Fsp3) is 0.966. The topological polar surface area (TPSA) is 29.1 Å². The largest absolute Gasteiger partial charge is 0.353 e. The molecule has 180 valence electrons. The van der Waals surface area contributed by atoms with E-state index in [0.717, 1.165) is 54.3 Å². The molecular weight excluding hydrogens is 378 g/mol. The van der Waals surface area contributed by atoms with Crippen molar-refractivity contribution in [3.63, 3.8) is 0 Å². The van der Waals surface area contributed by atoms with Crippen LogP contribution in [0, 0.1) is 52.3 Å². The van der Waals surface area contributed by atoms with Crippen molar-refractivity contribution in [2.75, 3.05) is 0 Å². The number of fused-ring (bicyclic) bond motifs is 5. The summed E-state index contributed by atoms with van der Waals surface area (Å²) < 4.78 is 0. The first-order valence-electron chi connectivity index (χ1n) is 14.0. The third-order valence-corrected chi connectivity index (χ3v) is 10.7. The molecule has 31 heavy (non-hydrogen) atoms. The minimum atomic E-state index is 0.301.